The fourth-order valence-electron chi connectivity index (χ4n) is 2.03. The standard InChI is InChI=1S/C17H23N3OS.HI/c1-17(21,15-9-10-22-12-15)13-19-16(20(2)3)18-11-14-7-5-4-6-8-14;/h4-10,12,21H,11,13H2,1-3H3,(H,18,19);1H. The molecule has 1 atom stereocenters. The number of hydrogen-bond acceptors (Lipinski definition) is 3. The van der Waals surface area contributed by atoms with Crippen LogP contribution in [0.5, 0.6) is 0 Å². The van der Waals surface area contributed by atoms with Crippen LogP contribution in [-0.4, -0.2) is 36.6 Å². The summed E-state index contributed by atoms with van der Waals surface area (Å²) in [7, 11) is 3.88. The molecule has 1 unspecified atom stereocenters. The second-order valence-corrected chi connectivity index (χ2v) is 6.44. The topological polar surface area (TPSA) is 47.9 Å². The van der Waals surface area contributed by atoms with E-state index in [-0.39, 0.29) is 24.0 Å². The molecule has 2 aromatic rings. The summed E-state index contributed by atoms with van der Waals surface area (Å²) in [5.74, 6) is 0.763. The fourth-order valence-corrected chi connectivity index (χ4v) is 2.81. The molecule has 6 heteroatoms. The van der Waals surface area contributed by atoms with E-state index in [9.17, 15) is 5.11 Å². The lowest BCUT2D eigenvalue weighted by atomic mass is 9.99. The molecule has 0 spiro atoms. The minimum atomic E-state index is -0.913. The van der Waals surface area contributed by atoms with Crippen LogP contribution in [0.4, 0.5) is 0 Å². The van der Waals surface area contributed by atoms with Gasteiger partial charge in [-0.05, 0) is 34.9 Å². The lowest BCUT2D eigenvalue weighted by Crippen LogP contribution is -2.43. The maximum Gasteiger partial charge on any atom is 0.193 e. The summed E-state index contributed by atoms with van der Waals surface area (Å²) in [6.07, 6.45) is 0. The van der Waals surface area contributed by atoms with Crippen molar-refractivity contribution < 1.29 is 5.11 Å². The Morgan fingerprint density at radius 1 is 1.26 bits per heavy atom. The predicted octanol–water partition coefficient (Wildman–Crippen LogP) is 3.28. The lowest BCUT2D eigenvalue weighted by molar-refractivity contribution is 0.0617. The summed E-state index contributed by atoms with van der Waals surface area (Å²) in [5, 5.41) is 17.8. The number of benzene rings is 1. The number of nitrogens with zero attached hydrogens (tertiary/aromatic N) is 2. The Kier molecular flexibility index (Phi) is 8.01. The van der Waals surface area contributed by atoms with Crippen LogP contribution in [0.15, 0.2) is 52.2 Å². The number of hydrogen-bond donors (Lipinski definition) is 2. The second-order valence-electron chi connectivity index (χ2n) is 5.66. The van der Waals surface area contributed by atoms with Gasteiger partial charge in [0, 0.05) is 14.1 Å². The number of rotatable bonds is 5. The molecule has 0 fully saturated rings. The van der Waals surface area contributed by atoms with Crippen LogP contribution >= 0.6 is 35.3 Å². The average molecular weight is 445 g/mol. The van der Waals surface area contributed by atoms with Crippen molar-refractivity contribution in [3.8, 4) is 0 Å². The number of halogens is 1. The molecule has 0 saturated carbocycles. The largest absolute Gasteiger partial charge is 0.384 e. The van der Waals surface area contributed by atoms with Gasteiger partial charge in [0.2, 0.25) is 0 Å². The second kappa shape index (κ2) is 9.24. The Hall–Kier alpha value is -1.12. The van der Waals surface area contributed by atoms with Gasteiger partial charge in [-0.3, -0.25) is 0 Å². The van der Waals surface area contributed by atoms with E-state index < -0.39 is 5.60 Å². The van der Waals surface area contributed by atoms with Gasteiger partial charge in [0.25, 0.3) is 0 Å². The van der Waals surface area contributed by atoms with Crippen LogP contribution in [0.3, 0.4) is 0 Å². The van der Waals surface area contributed by atoms with Crippen LogP contribution < -0.4 is 5.32 Å². The Bertz CT molecular complexity index is 598. The molecule has 4 nitrogen and oxygen atoms in total. The number of nitrogens with one attached hydrogen (secondary N) is 1. The van der Waals surface area contributed by atoms with Crippen molar-refractivity contribution in [3.63, 3.8) is 0 Å². The molecule has 126 valence electrons. The van der Waals surface area contributed by atoms with Gasteiger partial charge < -0.3 is 15.3 Å². The summed E-state index contributed by atoms with van der Waals surface area (Å²) >= 11 is 1.59. The Morgan fingerprint density at radius 3 is 2.52 bits per heavy atom. The zero-order valence-electron chi connectivity index (χ0n) is 13.7. The van der Waals surface area contributed by atoms with Crippen molar-refractivity contribution in [1.29, 1.82) is 0 Å². The Morgan fingerprint density at radius 2 is 1.96 bits per heavy atom. The van der Waals surface area contributed by atoms with Gasteiger partial charge in [-0.2, -0.15) is 11.3 Å². The van der Waals surface area contributed by atoms with Gasteiger partial charge in [-0.25, -0.2) is 4.99 Å². The van der Waals surface area contributed by atoms with Crippen LogP contribution in [0, 0.1) is 0 Å². The first kappa shape index (κ1) is 19.9. The van der Waals surface area contributed by atoms with Crippen molar-refractivity contribution >= 4 is 41.3 Å². The predicted molar refractivity (Wildman–Crippen MR) is 109 cm³/mol. The highest BCUT2D eigenvalue weighted by atomic mass is 127. The minimum Gasteiger partial charge on any atom is -0.384 e. The zero-order valence-corrected chi connectivity index (χ0v) is 16.8. The molecule has 2 N–H and O–H groups in total. The monoisotopic (exact) mass is 445 g/mol. The fraction of sp³-hybridized carbons (Fsp3) is 0.353. The van der Waals surface area contributed by atoms with E-state index in [0.29, 0.717) is 13.1 Å². The highest BCUT2D eigenvalue weighted by molar-refractivity contribution is 14.0. The summed E-state index contributed by atoms with van der Waals surface area (Å²) in [5.41, 5.74) is 1.17. The van der Waals surface area contributed by atoms with E-state index in [1.165, 1.54) is 0 Å². The normalized spacial score (nSPS) is 13.8. The van der Waals surface area contributed by atoms with Gasteiger partial charge in [0.1, 0.15) is 5.60 Å². The number of aliphatic hydroxyl groups is 1. The third-order valence-corrected chi connectivity index (χ3v) is 4.09. The molecule has 0 radical (unpaired) electrons. The molecular formula is C17H24IN3OS. The Balaban J connectivity index is 0.00000264. The highest BCUT2D eigenvalue weighted by Gasteiger charge is 2.24. The first-order chi connectivity index (χ1) is 10.5. The van der Waals surface area contributed by atoms with Gasteiger partial charge in [-0.1, -0.05) is 30.3 Å². The SMILES string of the molecule is CN(C)C(=NCc1ccccc1)NCC(C)(O)c1ccsc1.I. The maximum absolute atomic E-state index is 10.6. The van der Waals surface area contributed by atoms with Gasteiger partial charge in [0.05, 0.1) is 13.1 Å². The molecule has 23 heavy (non-hydrogen) atoms. The summed E-state index contributed by atoms with van der Waals surface area (Å²) < 4.78 is 0. The zero-order chi connectivity index (χ0) is 16.0. The van der Waals surface area contributed by atoms with E-state index in [2.05, 4.69) is 22.4 Å². The number of guanidine groups is 1. The molecule has 1 aromatic carbocycles. The van der Waals surface area contributed by atoms with Gasteiger partial charge >= 0.3 is 0 Å². The minimum absolute atomic E-state index is 0. The maximum atomic E-state index is 10.6. The van der Waals surface area contributed by atoms with E-state index in [0.717, 1.165) is 17.1 Å². The third kappa shape index (κ3) is 6.12. The summed E-state index contributed by atoms with van der Waals surface area (Å²) in [6.45, 7) is 2.84. The van der Waals surface area contributed by atoms with Gasteiger partial charge in [-0.15, -0.1) is 24.0 Å². The molecule has 0 aliphatic heterocycles. The van der Waals surface area contributed by atoms with Crippen molar-refractivity contribution in [2.24, 2.45) is 4.99 Å². The van der Waals surface area contributed by atoms with Gasteiger partial charge in [0.15, 0.2) is 5.96 Å². The molecule has 0 aliphatic rings. The summed E-state index contributed by atoms with van der Waals surface area (Å²) in [4.78, 5) is 6.52. The van der Waals surface area contributed by atoms with Crippen molar-refractivity contribution in [1.82, 2.24) is 10.2 Å². The lowest BCUT2D eigenvalue weighted by Gasteiger charge is -2.26. The van der Waals surface area contributed by atoms with Crippen LogP contribution in [0.1, 0.15) is 18.1 Å². The van der Waals surface area contributed by atoms with E-state index in [1.54, 1.807) is 11.3 Å². The molecule has 0 amide bonds. The van der Waals surface area contributed by atoms with E-state index in [4.69, 9.17) is 0 Å². The van der Waals surface area contributed by atoms with Crippen molar-refractivity contribution in [2.45, 2.75) is 19.1 Å². The quantitative estimate of drug-likeness (QED) is 0.422. The molecule has 1 heterocycles. The molecular weight excluding hydrogens is 421 g/mol. The summed E-state index contributed by atoms with van der Waals surface area (Å²) in [6, 6.07) is 12.1. The third-order valence-electron chi connectivity index (χ3n) is 3.41. The molecule has 0 bridgehead atoms. The number of aliphatic imine (C=N–C) groups is 1. The smallest absolute Gasteiger partial charge is 0.193 e. The number of thiophene rings is 1. The van der Waals surface area contributed by atoms with Crippen molar-refractivity contribution in [3.05, 3.63) is 58.3 Å². The van der Waals surface area contributed by atoms with E-state index in [1.807, 2.05) is 60.9 Å². The van der Waals surface area contributed by atoms with Crippen LogP contribution in [-0.2, 0) is 12.1 Å². The van der Waals surface area contributed by atoms with E-state index >= 15 is 0 Å². The molecule has 2 rings (SSSR count). The van der Waals surface area contributed by atoms with Crippen molar-refractivity contribution in [2.75, 3.05) is 20.6 Å². The van der Waals surface area contributed by atoms with Crippen LogP contribution in [0.2, 0.25) is 0 Å². The highest BCUT2D eigenvalue weighted by Crippen LogP contribution is 2.22. The Labute approximate surface area is 159 Å². The van der Waals surface area contributed by atoms with Crippen LogP contribution in [0.25, 0.3) is 0 Å². The molecule has 1 aromatic heterocycles. The average Bonchev–Trinajstić information content (AvgIpc) is 3.03. The molecule has 0 aliphatic carbocycles. The first-order valence-electron chi connectivity index (χ1n) is 7.23. The first-order valence-corrected chi connectivity index (χ1v) is 8.18. The molecule has 0 saturated heterocycles.